The Balaban J connectivity index is 1.86. The van der Waals surface area contributed by atoms with Gasteiger partial charge in [0.1, 0.15) is 5.75 Å². The molecule has 0 bridgehead atoms. The highest BCUT2D eigenvalue weighted by molar-refractivity contribution is 5.87. The van der Waals surface area contributed by atoms with Crippen LogP contribution in [0.4, 0.5) is 0 Å². The van der Waals surface area contributed by atoms with Gasteiger partial charge in [-0.05, 0) is 48.7 Å². The number of hydrogen-bond acceptors (Lipinski definition) is 5. The van der Waals surface area contributed by atoms with E-state index >= 15 is 0 Å². The minimum atomic E-state index is -1.06. The van der Waals surface area contributed by atoms with Gasteiger partial charge in [0, 0.05) is 6.20 Å². The smallest absolute Gasteiger partial charge is 0.337 e. The van der Waals surface area contributed by atoms with Crippen LogP contribution in [0.15, 0.2) is 42.7 Å². The number of unbranched alkanes of at least 4 members (excludes halogenated alkanes) is 1. The fourth-order valence-electron chi connectivity index (χ4n) is 2.66. The summed E-state index contributed by atoms with van der Waals surface area (Å²) in [6.07, 6.45) is 4.85. The summed E-state index contributed by atoms with van der Waals surface area (Å²) in [6.45, 7) is 4.75. The number of aryl methyl sites for hydroxylation is 1. The highest BCUT2D eigenvalue weighted by atomic mass is 16.5. The lowest BCUT2D eigenvalue weighted by Gasteiger charge is -2.10. The first-order valence-electron chi connectivity index (χ1n) is 8.71. The summed E-state index contributed by atoms with van der Waals surface area (Å²) in [6, 6.07) is 8.60. The van der Waals surface area contributed by atoms with E-state index in [0.29, 0.717) is 18.0 Å². The molecule has 0 aliphatic carbocycles. The molecule has 1 aromatic carbocycles. The van der Waals surface area contributed by atoms with Gasteiger partial charge in [0.15, 0.2) is 5.82 Å². The lowest BCUT2D eigenvalue weighted by atomic mass is 10.1. The molecule has 27 heavy (non-hydrogen) atoms. The molecule has 3 rings (SSSR count). The van der Waals surface area contributed by atoms with E-state index in [4.69, 9.17) is 9.84 Å². The van der Waals surface area contributed by atoms with Gasteiger partial charge in [-0.15, -0.1) is 0 Å². The molecular formula is C20H21N3O4. The van der Waals surface area contributed by atoms with Crippen LogP contribution in [0.2, 0.25) is 0 Å². The number of hydrogen-bond donors (Lipinski definition) is 2. The largest absolute Gasteiger partial charge is 0.493 e. The summed E-state index contributed by atoms with van der Waals surface area (Å²) in [5, 5.41) is 23.7. The normalized spacial score (nSPS) is 10.7. The molecule has 0 radical (unpaired) electrons. The minimum absolute atomic E-state index is 0.0652. The van der Waals surface area contributed by atoms with Crippen molar-refractivity contribution < 1.29 is 19.7 Å². The molecule has 7 nitrogen and oxygen atoms in total. The average molecular weight is 367 g/mol. The second-order valence-corrected chi connectivity index (χ2v) is 6.19. The van der Waals surface area contributed by atoms with Crippen molar-refractivity contribution in [1.82, 2.24) is 14.8 Å². The highest BCUT2D eigenvalue weighted by Gasteiger charge is 2.15. The van der Waals surface area contributed by atoms with E-state index in [9.17, 15) is 9.90 Å². The molecular weight excluding hydrogens is 346 g/mol. The number of carbonyl (C=O) groups is 1. The quantitative estimate of drug-likeness (QED) is 0.616. The molecule has 0 aliphatic rings. The van der Waals surface area contributed by atoms with Gasteiger partial charge in [-0.25, -0.2) is 9.78 Å². The Kier molecular flexibility index (Phi) is 5.40. The van der Waals surface area contributed by atoms with Gasteiger partial charge in [0.25, 0.3) is 0 Å². The fourth-order valence-corrected chi connectivity index (χ4v) is 2.66. The number of aromatic nitrogens is 3. The molecule has 7 heteroatoms. The summed E-state index contributed by atoms with van der Waals surface area (Å²) < 4.78 is 7.03. The summed E-state index contributed by atoms with van der Waals surface area (Å²) in [4.78, 5) is 15.0. The molecule has 0 atom stereocenters. The third kappa shape index (κ3) is 3.92. The van der Waals surface area contributed by atoms with Crippen molar-refractivity contribution >= 4 is 5.97 Å². The van der Waals surface area contributed by atoms with Crippen LogP contribution in [0, 0.1) is 6.92 Å². The zero-order chi connectivity index (χ0) is 19.4. The minimum Gasteiger partial charge on any atom is -0.493 e. The van der Waals surface area contributed by atoms with Crippen LogP contribution < -0.4 is 4.74 Å². The summed E-state index contributed by atoms with van der Waals surface area (Å²) in [7, 11) is 0. The predicted molar refractivity (Wildman–Crippen MR) is 101 cm³/mol. The monoisotopic (exact) mass is 367 g/mol. The van der Waals surface area contributed by atoms with Crippen LogP contribution in [0.5, 0.6) is 11.6 Å². The van der Waals surface area contributed by atoms with E-state index in [0.717, 1.165) is 29.7 Å². The Labute approximate surface area is 156 Å². The maximum Gasteiger partial charge on any atom is 0.337 e. The van der Waals surface area contributed by atoms with Crippen molar-refractivity contribution in [2.24, 2.45) is 0 Å². The standard InChI is InChI=1S/C20H21N3O4/c1-3-4-9-27-17-7-5-14(10-13(17)2)16-12-22-23(19(16)24)18-8-6-15(11-21-18)20(25)26/h5-8,10-12,24H,3-4,9H2,1-2H3,(H,25,26). The molecule has 0 saturated heterocycles. The third-order valence-corrected chi connectivity index (χ3v) is 4.20. The van der Waals surface area contributed by atoms with Gasteiger partial charge in [-0.2, -0.15) is 9.78 Å². The first kappa shape index (κ1) is 18.4. The Bertz CT molecular complexity index is 948. The first-order chi connectivity index (χ1) is 13.0. The van der Waals surface area contributed by atoms with Gasteiger partial charge in [-0.1, -0.05) is 19.4 Å². The Morgan fingerprint density at radius 2 is 2.04 bits per heavy atom. The van der Waals surface area contributed by atoms with E-state index in [1.807, 2.05) is 25.1 Å². The lowest BCUT2D eigenvalue weighted by Crippen LogP contribution is -2.02. The number of pyridine rings is 1. The molecule has 2 aromatic heterocycles. The highest BCUT2D eigenvalue weighted by Crippen LogP contribution is 2.33. The van der Waals surface area contributed by atoms with E-state index in [2.05, 4.69) is 17.0 Å². The van der Waals surface area contributed by atoms with Gasteiger partial charge in [0.05, 0.1) is 23.9 Å². The molecule has 140 valence electrons. The molecule has 0 amide bonds. The van der Waals surface area contributed by atoms with Crippen molar-refractivity contribution in [2.45, 2.75) is 26.7 Å². The molecule has 0 spiro atoms. The Morgan fingerprint density at radius 3 is 2.67 bits per heavy atom. The van der Waals surface area contributed by atoms with Crippen molar-refractivity contribution in [3.8, 4) is 28.6 Å². The van der Waals surface area contributed by atoms with Gasteiger partial charge in [0.2, 0.25) is 5.88 Å². The van der Waals surface area contributed by atoms with Gasteiger partial charge in [-0.3, -0.25) is 0 Å². The third-order valence-electron chi connectivity index (χ3n) is 4.20. The lowest BCUT2D eigenvalue weighted by molar-refractivity contribution is 0.0696. The number of carboxylic acids is 1. The average Bonchev–Trinajstić information content (AvgIpc) is 3.04. The predicted octanol–water partition coefficient (Wildman–Crippen LogP) is 3.83. The van der Waals surface area contributed by atoms with E-state index in [-0.39, 0.29) is 11.4 Å². The van der Waals surface area contributed by atoms with Crippen LogP contribution in [0.25, 0.3) is 16.9 Å². The maximum absolute atomic E-state index is 10.9. The first-order valence-corrected chi connectivity index (χ1v) is 8.71. The molecule has 0 aliphatic heterocycles. The van der Waals surface area contributed by atoms with E-state index < -0.39 is 5.97 Å². The SMILES string of the molecule is CCCCOc1ccc(-c2cnn(-c3ccc(C(=O)O)cn3)c2O)cc1C. The second kappa shape index (κ2) is 7.90. The number of aromatic carboxylic acids is 1. The Hall–Kier alpha value is -3.35. The number of nitrogens with zero attached hydrogens (tertiary/aromatic N) is 3. The van der Waals surface area contributed by atoms with Crippen LogP contribution in [0.3, 0.4) is 0 Å². The summed E-state index contributed by atoms with van der Waals surface area (Å²) in [5.74, 6) is 0.0331. The number of ether oxygens (including phenoxy) is 1. The molecule has 0 fully saturated rings. The Morgan fingerprint density at radius 1 is 1.22 bits per heavy atom. The van der Waals surface area contributed by atoms with Crippen LogP contribution >= 0.6 is 0 Å². The van der Waals surface area contributed by atoms with Crippen LogP contribution in [0.1, 0.15) is 35.7 Å². The van der Waals surface area contributed by atoms with Crippen molar-refractivity contribution in [3.05, 3.63) is 53.9 Å². The number of aromatic hydroxyl groups is 1. The fraction of sp³-hybridized carbons (Fsp3) is 0.250. The van der Waals surface area contributed by atoms with Crippen LogP contribution in [-0.2, 0) is 0 Å². The molecule has 2 heterocycles. The molecule has 0 saturated carbocycles. The molecule has 2 N–H and O–H groups in total. The van der Waals surface area contributed by atoms with Crippen LogP contribution in [-0.4, -0.2) is 37.6 Å². The van der Waals surface area contributed by atoms with E-state index in [1.165, 1.54) is 23.0 Å². The van der Waals surface area contributed by atoms with E-state index in [1.54, 1.807) is 6.20 Å². The van der Waals surface area contributed by atoms with Gasteiger partial charge >= 0.3 is 5.97 Å². The maximum atomic E-state index is 10.9. The number of carboxylic acid groups (broad SMARTS) is 1. The number of benzene rings is 1. The topological polar surface area (TPSA) is 97.5 Å². The van der Waals surface area contributed by atoms with Crippen molar-refractivity contribution in [2.75, 3.05) is 6.61 Å². The van der Waals surface area contributed by atoms with Crippen molar-refractivity contribution in [3.63, 3.8) is 0 Å². The molecule has 3 aromatic rings. The second-order valence-electron chi connectivity index (χ2n) is 6.19. The zero-order valence-electron chi connectivity index (χ0n) is 15.2. The van der Waals surface area contributed by atoms with Gasteiger partial charge < -0.3 is 14.9 Å². The number of rotatable bonds is 7. The van der Waals surface area contributed by atoms with Crippen molar-refractivity contribution in [1.29, 1.82) is 0 Å². The zero-order valence-corrected chi connectivity index (χ0v) is 15.2. The summed E-state index contributed by atoms with van der Waals surface area (Å²) >= 11 is 0. The molecule has 0 unspecified atom stereocenters. The summed E-state index contributed by atoms with van der Waals surface area (Å²) in [5.41, 5.74) is 2.41.